The van der Waals surface area contributed by atoms with Crippen LogP contribution >= 0.6 is 0 Å². The zero-order valence-electron chi connectivity index (χ0n) is 6.42. The molecule has 0 aliphatic carbocycles. The van der Waals surface area contributed by atoms with Gasteiger partial charge < -0.3 is 0 Å². The zero-order chi connectivity index (χ0) is 8.72. The second kappa shape index (κ2) is 2.51. The molecule has 0 saturated carbocycles. The number of carboxylic acids is 1. The van der Waals surface area contributed by atoms with Crippen LogP contribution in [-0.2, 0) is 0 Å². The van der Waals surface area contributed by atoms with Crippen LogP contribution in [0.5, 0.6) is 0 Å². The summed E-state index contributed by atoms with van der Waals surface area (Å²) in [5.74, 6) is -0.881. The molecule has 3 nitrogen and oxygen atoms in total. The van der Waals surface area contributed by atoms with Gasteiger partial charge in [-0.25, -0.2) is 0 Å². The number of aromatic carboxylic acids is 1. The molecule has 0 fully saturated rings. The maximum atomic E-state index is 10.6. The number of hydrogen-bond acceptors (Lipinski definition) is 1. The fraction of sp³-hybridized carbons (Fsp3) is 0.125. The number of aromatic amines is 1. The van der Waals surface area contributed by atoms with Crippen LogP contribution in [0.3, 0.4) is 0 Å². The van der Waals surface area contributed by atoms with Crippen LogP contribution in [0.2, 0.25) is 0 Å². The summed E-state index contributed by atoms with van der Waals surface area (Å²) in [7, 11) is 0. The Labute approximate surface area is 74.8 Å². The van der Waals surface area contributed by atoms with Crippen molar-refractivity contribution in [2.75, 3.05) is 0 Å². The number of rotatable bonds is 1. The van der Waals surface area contributed by atoms with Crippen molar-refractivity contribution in [3.05, 3.63) is 22.3 Å². The Hall–Kier alpha value is -0.991. The van der Waals surface area contributed by atoms with E-state index in [-0.39, 0.29) is 0 Å². The SMILES string of the molecule is Cc1c[se]c2cc(C(=O)O)[nH]c12. The zero-order valence-corrected chi connectivity index (χ0v) is 8.13. The van der Waals surface area contributed by atoms with Gasteiger partial charge >= 0.3 is 74.3 Å². The van der Waals surface area contributed by atoms with Gasteiger partial charge in [-0.15, -0.1) is 0 Å². The summed E-state index contributed by atoms with van der Waals surface area (Å²) < 4.78 is 1.15. The predicted molar refractivity (Wildman–Crippen MR) is 46.9 cm³/mol. The van der Waals surface area contributed by atoms with Gasteiger partial charge in [0.05, 0.1) is 0 Å². The minimum absolute atomic E-state index is 0.300. The predicted octanol–water partition coefficient (Wildman–Crippen LogP) is 1.23. The Balaban J connectivity index is 2.70. The maximum absolute atomic E-state index is 10.6. The third-order valence-corrected chi connectivity index (χ3v) is 3.97. The third kappa shape index (κ3) is 1.00. The summed E-state index contributed by atoms with van der Waals surface area (Å²) in [5, 5.41) is 8.68. The van der Waals surface area contributed by atoms with Crippen molar-refractivity contribution in [1.82, 2.24) is 4.98 Å². The molecule has 4 heteroatoms. The monoisotopic (exact) mass is 229 g/mol. The van der Waals surface area contributed by atoms with Gasteiger partial charge in [0.25, 0.3) is 0 Å². The molecule has 0 atom stereocenters. The van der Waals surface area contributed by atoms with E-state index in [0.29, 0.717) is 20.2 Å². The van der Waals surface area contributed by atoms with Crippen molar-refractivity contribution in [3.8, 4) is 0 Å². The second-order valence-electron chi connectivity index (χ2n) is 2.65. The van der Waals surface area contributed by atoms with Gasteiger partial charge in [-0.3, -0.25) is 0 Å². The average molecular weight is 228 g/mol. The molecule has 2 aromatic rings. The van der Waals surface area contributed by atoms with Crippen LogP contribution in [0.15, 0.2) is 11.0 Å². The molecule has 2 rings (SSSR count). The Morgan fingerprint density at radius 2 is 2.42 bits per heavy atom. The molecule has 2 aromatic heterocycles. The summed E-state index contributed by atoms with van der Waals surface area (Å²) in [4.78, 5) is 15.6. The van der Waals surface area contributed by atoms with Gasteiger partial charge in [-0.2, -0.15) is 0 Å². The van der Waals surface area contributed by atoms with Crippen molar-refractivity contribution in [3.63, 3.8) is 0 Å². The van der Waals surface area contributed by atoms with Crippen LogP contribution in [0.25, 0.3) is 9.78 Å². The van der Waals surface area contributed by atoms with Gasteiger partial charge in [-0.05, 0) is 0 Å². The van der Waals surface area contributed by atoms with Gasteiger partial charge in [0.2, 0.25) is 0 Å². The van der Waals surface area contributed by atoms with Crippen molar-refractivity contribution >= 4 is 30.2 Å². The molecule has 0 bridgehead atoms. The Kier molecular flexibility index (Phi) is 1.60. The molecule has 62 valence electrons. The normalized spacial score (nSPS) is 10.8. The first-order valence-electron chi connectivity index (χ1n) is 3.48. The van der Waals surface area contributed by atoms with Crippen LogP contribution in [0.4, 0.5) is 0 Å². The Bertz CT molecular complexity index is 441. The van der Waals surface area contributed by atoms with Crippen molar-refractivity contribution in [2.45, 2.75) is 6.92 Å². The standard InChI is InChI=1S/C8H7NO2Se/c1-4-3-12-6-2-5(8(10)11)9-7(4)6/h2-3,9H,1H3,(H,10,11). The summed E-state index contributed by atoms with van der Waals surface area (Å²) >= 11 is 0.323. The first-order valence-corrected chi connectivity index (χ1v) is 5.33. The topological polar surface area (TPSA) is 53.1 Å². The molecule has 2 heterocycles. The molecular weight excluding hydrogens is 221 g/mol. The van der Waals surface area contributed by atoms with E-state index < -0.39 is 5.97 Å². The van der Waals surface area contributed by atoms with E-state index in [1.807, 2.05) is 6.92 Å². The molecular formula is C8H7NO2Se. The third-order valence-electron chi connectivity index (χ3n) is 1.77. The van der Waals surface area contributed by atoms with Gasteiger partial charge in [0.1, 0.15) is 0 Å². The number of nitrogens with one attached hydrogen (secondary N) is 1. The number of carbonyl (C=O) groups is 1. The van der Waals surface area contributed by atoms with Gasteiger partial charge in [-0.1, -0.05) is 0 Å². The first kappa shape index (κ1) is 7.65. The quantitative estimate of drug-likeness (QED) is 0.721. The van der Waals surface area contributed by atoms with Crippen LogP contribution < -0.4 is 0 Å². The van der Waals surface area contributed by atoms with Crippen molar-refractivity contribution in [2.24, 2.45) is 0 Å². The molecule has 0 aliphatic rings. The van der Waals surface area contributed by atoms with Gasteiger partial charge in [0, 0.05) is 0 Å². The summed E-state index contributed by atoms with van der Waals surface area (Å²) in [5.41, 5.74) is 2.47. The molecule has 0 radical (unpaired) electrons. The summed E-state index contributed by atoms with van der Waals surface area (Å²) in [6.45, 7) is 2.00. The molecule has 12 heavy (non-hydrogen) atoms. The van der Waals surface area contributed by atoms with Crippen LogP contribution in [-0.4, -0.2) is 30.6 Å². The molecule has 0 saturated heterocycles. The number of hydrogen-bond donors (Lipinski definition) is 2. The molecule has 0 spiro atoms. The van der Waals surface area contributed by atoms with E-state index in [4.69, 9.17) is 5.11 Å². The molecule has 0 unspecified atom stereocenters. The van der Waals surface area contributed by atoms with E-state index in [9.17, 15) is 4.79 Å². The Morgan fingerprint density at radius 3 is 3.00 bits per heavy atom. The molecule has 2 N–H and O–H groups in total. The Morgan fingerprint density at radius 1 is 1.67 bits per heavy atom. The fourth-order valence-corrected chi connectivity index (χ4v) is 3.11. The van der Waals surface area contributed by atoms with E-state index in [1.165, 1.54) is 0 Å². The second-order valence-corrected chi connectivity index (χ2v) is 4.56. The molecule has 0 aliphatic heterocycles. The minimum atomic E-state index is -0.881. The van der Waals surface area contributed by atoms with E-state index in [1.54, 1.807) is 6.07 Å². The average Bonchev–Trinajstić information content (AvgIpc) is 2.53. The molecule has 0 aromatic carbocycles. The number of aromatic nitrogens is 1. The summed E-state index contributed by atoms with van der Waals surface area (Å²) in [6.07, 6.45) is 0. The fourth-order valence-electron chi connectivity index (χ4n) is 1.15. The van der Waals surface area contributed by atoms with E-state index in [2.05, 4.69) is 9.92 Å². The number of aryl methyl sites for hydroxylation is 1. The molecule has 0 amide bonds. The van der Waals surface area contributed by atoms with Gasteiger partial charge in [0.15, 0.2) is 0 Å². The van der Waals surface area contributed by atoms with Crippen molar-refractivity contribution < 1.29 is 9.90 Å². The van der Waals surface area contributed by atoms with Crippen LogP contribution in [0.1, 0.15) is 16.1 Å². The van der Waals surface area contributed by atoms with Crippen molar-refractivity contribution in [1.29, 1.82) is 0 Å². The summed E-state index contributed by atoms with van der Waals surface area (Å²) in [6, 6.07) is 1.73. The number of fused-ring (bicyclic) bond motifs is 1. The number of H-pyrrole nitrogens is 1. The first-order chi connectivity index (χ1) is 5.68. The number of carboxylic acid groups (broad SMARTS) is 1. The van der Waals surface area contributed by atoms with E-state index in [0.717, 1.165) is 15.3 Å². The van der Waals surface area contributed by atoms with E-state index >= 15 is 0 Å². The van der Waals surface area contributed by atoms with Crippen LogP contribution in [0, 0.1) is 6.92 Å².